The molecule has 0 radical (unpaired) electrons. The van der Waals surface area contributed by atoms with Gasteiger partial charge in [-0.3, -0.25) is 0 Å². The highest BCUT2D eigenvalue weighted by Gasteiger charge is 2.53. The standard InChI is InChI=1S/C22H28N2O.C21H26N2O.C18H24N2O.C14H15ClN2O.C13H14N2O/c25-20(11-22-8-14-5-15(9-22)7-16(6-14)10-22)21-18(17-1-2-17)3-4-24-13-23-12-19(21)24;24-21(19-15-6-12-5-13(8-15)9-16(19)7-12)20-17(14-1-2-14)3-4-23-11-22-10-18(20)23;21-18(14-5-2-1-3-6-14)17-15(13-7-4-8-13)9-10-20-12-19-11-16(17)20;15-11-6-7-17-9-16-8-12(17)13(11)14(18)10-4-2-1-3-5-10;1-2-12(16)13-10(9-3-4-9)5-6-15-8-14-7-11(13)15/h3-4,12-17,20,25H,1-2,5-11H2;3-4,10-16,19,21,24H,1-2,5-9H2;9-14,18,21H,1-8H2;1-2,6-10,14,18H,3-5H2;2,5-9,12,16H,1,3-4H2. The van der Waals surface area contributed by atoms with Crippen LogP contribution in [0, 0.1) is 64.6 Å². The van der Waals surface area contributed by atoms with Crippen molar-refractivity contribution < 1.29 is 25.5 Å². The molecule has 13 saturated carbocycles. The number of hydrogen-bond acceptors (Lipinski definition) is 10. The minimum absolute atomic E-state index is 0.244. The number of hydrogen-bond donors (Lipinski definition) is 5. The number of halogens is 1. The molecule has 13 fully saturated rings. The highest BCUT2D eigenvalue weighted by molar-refractivity contribution is 6.31. The van der Waals surface area contributed by atoms with Gasteiger partial charge in [0.25, 0.3) is 0 Å². The molecule has 546 valence electrons. The Hall–Kier alpha value is -6.98. The molecule has 8 bridgehead atoms. The Kier molecular flexibility index (Phi) is 19.2. The molecule has 6 atom stereocenters. The maximum Gasteiger partial charge on any atom is 0.0992 e. The fourth-order valence-corrected chi connectivity index (χ4v) is 23.2. The first-order valence-corrected chi connectivity index (χ1v) is 40.8. The number of nitrogens with zero attached hydrogens (tertiary/aromatic N) is 10. The maximum atomic E-state index is 11.6. The Morgan fingerprint density at radius 2 is 0.827 bits per heavy atom. The van der Waals surface area contributed by atoms with Crippen molar-refractivity contribution in [2.24, 2.45) is 64.6 Å². The second kappa shape index (κ2) is 29.0. The summed E-state index contributed by atoms with van der Waals surface area (Å²) in [4.78, 5) is 21.2. The summed E-state index contributed by atoms with van der Waals surface area (Å²) in [5.41, 5.74) is 16.5. The van der Waals surface area contributed by atoms with Crippen molar-refractivity contribution in [3.63, 3.8) is 0 Å². The van der Waals surface area contributed by atoms with Gasteiger partial charge in [-0.25, -0.2) is 24.9 Å². The first-order valence-electron chi connectivity index (χ1n) is 40.4. The zero-order valence-electron chi connectivity index (χ0n) is 60.5. The van der Waals surface area contributed by atoms with Crippen LogP contribution in [0.1, 0.15) is 290 Å². The quantitative estimate of drug-likeness (QED) is 0.0618. The van der Waals surface area contributed by atoms with Crippen LogP contribution in [0.2, 0.25) is 5.02 Å². The van der Waals surface area contributed by atoms with Gasteiger partial charge in [0.2, 0.25) is 0 Å². The fraction of sp³-hybridized carbons (Fsp3) is 0.557. The molecule has 104 heavy (non-hydrogen) atoms. The van der Waals surface area contributed by atoms with Crippen LogP contribution in [-0.2, 0) is 0 Å². The number of rotatable bonds is 15. The molecular weight excluding hydrogens is 1310 g/mol. The number of aliphatic hydroxyl groups excluding tert-OH is 5. The summed E-state index contributed by atoms with van der Waals surface area (Å²) in [6.45, 7) is 3.67. The lowest BCUT2D eigenvalue weighted by Gasteiger charge is -2.57. The van der Waals surface area contributed by atoms with E-state index in [0.29, 0.717) is 45.9 Å². The van der Waals surface area contributed by atoms with Crippen molar-refractivity contribution in [2.45, 2.75) is 240 Å². The van der Waals surface area contributed by atoms with Gasteiger partial charge in [-0.15, -0.1) is 6.58 Å². The van der Waals surface area contributed by atoms with Gasteiger partial charge in [-0.2, -0.15) is 0 Å². The molecule has 5 N–H and O–H groups in total. The number of allylic oxidation sites excluding steroid dienone is 2. The third kappa shape index (κ3) is 13.5. The SMILES string of the molecule is C=CC(O)c1c(C2CC2)ccn2cncc12.OC(CC12CC3CC(CC(C3)C1)C2)c1c(C2CC2)ccn2cncc12.OC(c1c(C2CC2)ccn2cncc12)C1C2CC3CC(C2)CC1C3.OC(c1c(C2CCC2)ccn2cncc12)C1CCCCC1.OC(c1c(Cl)ccn2cncc12)C1CC=CCC1. The van der Waals surface area contributed by atoms with E-state index in [1.165, 1.54) is 199 Å². The molecule has 16 heteroatoms. The second-order valence-corrected chi connectivity index (χ2v) is 35.2. The molecule has 0 saturated heterocycles. The van der Waals surface area contributed by atoms with E-state index >= 15 is 0 Å². The minimum Gasteiger partial charge on any atom is -0.388 e. The van der Waals surface area contributed by atoms with Gasteiger partial charge in [0, 0.05) is 63.8 Å². The number of aromatic nitrogens is 10. The summed E-state index contributed by atoms with van der Waals surface area (Å²) < 4.78 is 10.1. The van der Waals surface area contributed by atoms with Crippen molar-refractivity contribution in [1.29, 1.82) is 0 Å². The topological polar surface area (TPSA) is 188 Å². The molecule has 14 aliphatic rings. The van der Waals surface area contributed by atoms with Gasteiger partial charge in [0.1, 0.15) is 0 Å². The number of fused-ring (bicyclic) bond motifs is 5. The van der Waals surface area contributed by atoms with E-state index in [4.69, 9.17) is 11.6 Å². The smallest absolute Gasteiger partial charge is 0.0992 e. The summed E-state index contributed by atoms with van der Waals surface area (Å²) in [6, 6.07) is 10.6. The van der Waals surface area contributed by atoms with Gasteiger partial charge < -0.3 is 47.5 Å². The molecule has 10 aromatic heterocycles. The predicted molar refractivity (Wildman–Crippen MR) is 407 cm³/mol. The van der Waals surface area contributed by atoms with E-state index in [0.717, 1.165) is 106 Å². The zero-order valence-corrected chi connectivity index (χ0v) is 61.3. The first-order chi connectivity index (χ1) is 50.9. The third-order valence-electron chi connectivity index (χ3n) is 27.9. The number of aliphatic hydroxyl groups is 5. The van der Waals surface area contributed by atoms with Crippen LogP contribution in [-0.4, -0.2) is 72.5 Å². The zero-order chi connectivity index (χ0) is 70.3. The fourth-order valence-electron chi connectivity index (χ4n) is 22.9. The van der Waals surface area contributed by atoms with Crippen molar-refractivity contribution in [2.75, 3.05) is 0 Å². The molecule has 10 aromatic rings. The Labute approximate surface area is 617 Å². The second-order valence-electron chi connectivity index (χ2n) is 34.8. The third-order valence-corrected chi connectivity index (χ3v) is 28.2. The van der Waals surface area contributed by atoms with E-state index in [-0.39, 0.29) is 24.2 Å². The Morgan fingerprint density at radius 1 is 0.423 bits per heavy atom. The average Bonchev–Trinajstić information content (AvgIpc) is 1.23. The minimum atomic E-state index is -0.601. The summed E-state index contributed by atoms with van der Waals surface area (Å²) in [5, 5.41) is 55.3. The largest absolute Gasteiger partial charge is 0.388 e. The van der Waals surface area contributed by atoms with Crippen molar-refractivity contribution >= 4 is 39.2 Å². The van der Waals surface area contributed by atoms with Crippen LogP contribution < -0.4 is 0 Å². The monoisotopic (exact) mass is 1420 g/mol. The molecule has 14 aliphatic carbocycles. The summed E-state index contributed by atoms with van der Waals surface area (Å²) in [7, 11) is 0. The maximum absolute atomic E-state index is 11.6. The number of pyridine rings is 5. The number of imidazole rings is 5. The van der Waals surface area contributed by atoms with Gasteiger partial charge in [-0.1, -0.05) is 55.5 Å². The van der Waals surface area contributed by atoms with Crippen LogP contribution in [0.4, 0.5) is 0 Å². The summed E-state index contributed by atoms with van der Waals surface area (Å²) >= 11 is 6.26. The molecular formula is C88H107ClN10O5. The molecule has 0 aromatic carbocycles. The molecule has 0 spiro atoms. The van der Waals surface area contributed by atoms with E-state index in [2.05, 4.69) is 99.7 Å². The van der Waals surface area contributed by atoms with Gasteiger partial charge >= 0.3 is 0 Å². The molecule has 15 nitrogen and oxygen atoms in total. The highest BCUT2D eigenvalue weighted by atomic mass is 35.5. The lowest BCUT2D eigenvalue weighted by Crippen LogP contribution is -2.47. The molecule has 24 rings (SSSR count). The van der Waals surface area contributed by atoms with Crippen molar-refractivity contribution in [3.8, 4) is 0 Å². The van der Waals surface area contributed by atoms with Crippen LogP contribution in [0.3, 0.4) is 0 Å². The van der Waals surface area contributed by atoms with E-state index < -0.39 is 12.2 Å². The van der Waals surface area contributed by atoms with Crippen LogP contribution >= 0.6 is 11.6 Å². The van der Waals surface area contributed by atoms with Gasteiger partial charge in [0.15, 0.2) is 0 Å². The molecule has 0 amide bonds. The van der Waals surface area contributed by atoms with Gasteiger partial charge in [-0.05, 0) is 301 Å². The Balaban J connectivity index is 0.0000000935. The normalized spacial score (nSPS) is 28.9. The molecule has 6 unspecified atom stereocenters. The van der Waals surface area contributed by atoms with E-state index in [1.807, 2.05) is 64.8 Å². The molecule has 0 aliphatic heterocycles. The van der Waals surface area contributed by atoms with E-state index in [1.54, 1.807) is 31.1 Å². The van der Waals surface area contributed by atoms with Crippen LogP contribution in [0.5, 0.6) is 0 Å². The summed E-state index contributed by atoms with van der Waals surface area (Å²) in [5.74, 6) is 10.1. The van der Waals surface area contributed by atoms with Crippen molar-refractivity contribution in [1.82, 2.24) is 46.9 Å². The van der Waals surface area contributed by atoms with Crippen LogP contribution in [0.15, 0.2) is 149 Å². The van der Waals surface area contributed by atoms with Crippen LogP contribution in [0.25, 0.3) is 27.6 Å². The lowest BCUT2D eigenvalue weighted by molar-refractivity contribution is -0.0906. The average molecular weight is 1420 g/mol. The van der Waals surface area contributed by atoms with E-state index in [9.17, 15) is 25.5 Å². The first kappa shape index (κ1) is 68.8. The Bertz CT molecular complexity index is 4660. The molecule has 10 heterocycles. The lowest BCUT2D eigenvalue weighted by atomic mass is 9.48. The Morgan fingerprint density at radius 3 is 1.27 bits per heavy atom. The summed E-state index contributed by atoms with van der Waals surface area (Å²) in [6.07, 6.45) is 69.5. The highest BCUT2D eigenvalue weighted by Crippen LogP contribution is 2.64. The van der Waals surface area contributed by atoms with Gasteiger partial charge in [0.05, 0.1) is 121 Å². The van der Waals surface area contributed by atoms with Crippen molar-refractivity contribution in [3.05, 3.63) is 204 Å². The predicted octanol–water partition coefficient (Wildman–Crippen LogP) is 19.2.